The number of sulfonamides is 2. The Labute approximate surface area is 407 Å². The van der Waals surface area contributed by atoms with Gasteiger partial charge in [-0.05, 0) is 128 Å². The van der Waals surface area contributed by atoms with Gasteiger partial charge in [-0.3, -0.25) is 9.59 Å². The Morgan fingerprint density at radius 2 is 1.07 bits per heavy atom. The minimum Gasteiger partial charge on any atom is -0.399 e. The molecule has 2 amide bonds. The van der Waals surface area contributed by atoms with Gasteiger partial charge >= 0.3 is 0 Å². The summed E-state index contributed by atoms with van der Waals surface area (Å²) in [6.07, 6.45) is 3.44. The van der Waals surface area contributed by atoms with Gasteiger partial charge in [0.1, 0.15) is 10.0 Å². The number of amides is 2. The molecule has 1 fully saturated rings. The van der Waals surface area contributed by atoms with Crippen molar-refractivity contribution in [2.75, 3.05) is 34.8 Å². The number of nitrogen functional groups attached to an aromatic ring is 1. The number of benzene rings is 4. The number of rotatable bonds is 13. The van der Waals surface area contributed by atoms with Crippen molar-refractivity contribution in [1.29, 1.82) is 0 Å². The third kappa shape index (κ3) is 16.3. The topological polar surface area (TPSA) is 247 Å². The summed E-state index contributed by atoms with van der Waals surface area (Å²) in [5.41, 5.74) is 9.56. The molecular weight excluding hydrogens is 945 g/mol. The van der Waals surface area contributed by atoms with Crippen LogP contribution in [0.1, 0.15) is 69.2 Å². The number of aromatic nitrogens is 2. The van der Waals surface area contributed by atoms with Crippen molar-refractivity contribution in [2.45, 2.75) is 102 Å². The van der Waals surface area contributed by atoms with E-state index in [0.29, 0.717) is 50.6 Å². The maximum absolute atomic E-state index is 13.2. The van der Waals surface area contributed by atoms with Crippen molar-refractivity contribution >= 4 is 77.3 Å². The van der Waals surface area contributed by atoms with E-state index < -0.39 is 37.2 Å². The molecule has 7 rings (SSSR count). The molecule has 0 saturated carbocycles. The lowest BCUT2D eigenvalue weighted by Gasteiger charge is -2.22. The molecule has 364 valence electrons. The summed E-state index contributed by atoms with van der Waals surface area (Å²) in [5, 5.41) is 19.4. The van der Waals surface area contributed by atoms with E-state index in [4.69, 9.17) is 10.5 Å². The molecule has 20 heteroatoms. The van der Waals surface area contributed by atoms with Gasteiger partial charge in [-0.25, -0.2) is 36.2 Å². The van der Waals surface area contributed by atoms with Crippen LogP contribution in [0.15, 0.2) is 107 Å². The summed E-state index contributed by atoms with van der Waals surface area (Å²) in [4.78, 5) is 33.5. The molecule has 0 radical (unpaired) electrons. The number of ether oxygens (including phenoxy) is 1. The third-order valence-corrected chi connectivity index (χ3v) is 14.8. The molecule has 8 N–H and O–H groups in total. The van der Waals surface area contributed by atoms with Crippen LogP contribution in [0.25, 0.3) is 42.0 Å². The molecule has 4 aromatic carbocycles. The molecule has 6 aromatic rings. The van der Waals surface area contributed by atoms with Crippen LogP contribution >= 0.6 is 22.7 Å². The van der Waals surface area contributed by atoms with E-state index in [2.05, 4.69) is 42.3 Å². The number of aliphatic hydroxyl groups excluding tert-OH is 1. The molecule has 2 unspecified atom stereocenters. The Morgan fingerprint density at radius 1 is 0.706 bits per heavy atom. The zero-order valence-corrected chi connectivity index (χ0v) is 43.0. The van der Waals surface area contributed by atoms with Gasteiger partial charge in [0, 0.05) is 88.9 Å². The number of carbonyl (C=O) groups excluding carboxylic acids is 2. The number of nitrogens with zero attached hydrogens (tertiary/aromatic N) is 2. The van der Waals surface area contributed by atoms with Gasteiger partial charge in [0.2, 0.25) is 31.9 Å². The van der Waals surface area contributed by atoms with Crippen molar-refractivity contribution in [3.63, 3.8) is 0 Å². The molecule has 2 atom stereocenters. The summed E-state index contributed by atoms with van der Waals surface area (Å²) < 4.78 is 62.8. The second-order valence-corrected chi connectivity index (χ2v) is 23.5. The number of aliphatic hydroxyl groups is 1. The normalized spacial score (nSPS) is 14.1. The van der Waals surface area contributed by atoms with E-state index in [1.165, 1.54) is 48.7 Å². The second-order valence-electron chi connectivity index (χ2n) is 18.1. The minimum atomic E-state index is -3.88. The highest BCUT2D eigenvalue weighted by Crippen LogP contribution is 2.39. The largest absolute Gasteiger partial charge is 0.399 e. The summed E-state index contributed by atoms with van der Waals surface area (Å²) in [6.45, 7) is 18.6. The zero-order valence-electron chi connectivity index (χ0n) is 39.7. The Kier molecular flexibility index (Phi) is 17.5. The SMILES string of the molecule is CC(=O)Nc1ccc(-c2cnc(-c3ccc(N)cc3)s2)c(S(=O)(=O)NC(C)(C)C)c1.CC(=O)Nc1ccc(-c2cnc(-c3ccc(NCC(C)O)cc3)s2)c(S(=O)(=O)NC(C)(C)C)c1.CC1CO1. The van der Waals surface area contributed by atoms with Gasteiger partial charge in [-0.1, -0.05) is 12.1 Å². The van der Waals surface area contributed by atoms with E-state index in [0.717, 1.165) is 33.4 Å². The second kappa shape index (κ2) is 22.2. The van der Waals surface area contributed by atoms with Crippen molar-refractivity contribution < 1.29 is 36.3 Å². The minimum absolute atomic E-state index is 0.0709. The van der Waals surface area contributed by atoms with Crippen LogP contribution in [-0.4, -0.2) is 80.2 Å². The predicted molar refractivity (Wildman–Crippen MR) is 275 cm³/mol. The summed E-state index contributed by atoms with van der Waals surface area (Å²) in [5.74, 6) is -0.565. The number of carbonyl (C=O) groups is 2. The number of nitrogens with two attached hydrogens (primary N) is 1. The number of epoxide rings is 1. The highest BCUT2D eigenvalue weighted by Gasteiger charge is 2.28. The fourth-order valence-electron chi connectivity index (χ4n) is 6.16. The van der Waals surface area contributed by atoms with Gasteiger partial charge in [0.25, 0.3) is 0 Å². The molecule has 0 bridgehead atoms. The molecule has 16 nitrogen and oxygen atoms in total. The van der Waals surface area contributed by atoms with E-state index >= 15 is 0 Å². The lowest BCUT2D eigenvalue weighted by molar-refractivity contribution is -0.115. The van der Waals surface area contributed by atoms with E-state index in [1.807, 2.05) is 36.4 Å². The average Bonchev–Trinajstić information content (AvgIpc) is 3.62. The molecule has 0 spiro atoms. The van der Waals surface area contributed by atoms with Crippen LogP contribution in [0.4, 0.5) is 22.7 Å². The Morgan fingerprint density at radius 3 is 1.41 bits per heavy atom. The quantitative estimate of drug-likeness (QED) is 0.0424. The first-order valence-corrected chi connectivity index (χ1v) is 26.1. The first-order valence-electron chi connectivity index (χ1n) is 21.5. The van der Waals surface area contributed by atoms with Crippen LogP contribution in [0.3, 0.4) is 0 Å². The van der Waals surface area contributed by atoms with Gasteiger partial charge in [-0.15, -0.1) is 22.7 Å². The summed E-state index contributed by atoms with van der Waals surface area (Å²) >= 11 is 2.76. The summed E-state index contributed by atoms with van der Waals surface area (Å²) in [6, 6.07) is 24.6. The number of nitrogens with one attached hydrogen (secondary N) is 5. The standard InChI is InChI=1S/C24H30N4O4S2.C21H24N4O3S2.C3H6O/c1-15(29)13-25-18-8-6-17(7-9-18)23-26-14-21(33-23)20-11-10-19(27-16(2)30)12-22(20)34(31,32)28-24(3,4)5;1-13(26)24-16-9-10-17(19(11-16)30(27,28)25-21(2,3)4)18-12-23-20(29-18)14-5-7-15(22)8-6-14;1-3-2-4-3/h6-12,14-15,25,28-29H,13H2,1-5H3,(H,27,30);5-12,25H,22H2,1-4H3,(H,24,26);3H,2H2,1H3. The summed E-state index contributed by atoms with van der Waals surface area (Å²) in [7, 11) is -7.74. The number of anilines is 4. The first-order chi connectivity index (χ1) is 31.7. The molecule has 68 heavy (non-hydrogen) atoms. The first kappa shape index (κ1) is 53.4. The Balaban J connectivity index is 0.000000236. The maximum Gasteiger partial charge on any atom is 0.241 e. The van der Waals surface area contributed by atoms with Crippen LogP contribution in [0.5, 0.6) is 0 Å². The fraction of sp³-hybridized carbons (Fsp3) is 0.333. The van der Waals surface area contributed by atoms with Gasteiger partial charge in [0.15, 0.2) is 0 Å². The van der Waals surface area contributed by atoms with Crippen molar-refractivity contribution in [2.24, 2.45) is 0 Å². The highest BCUT2D eigenvalue weighted by molar-refractivity contribution is 7.90. The highest BCUT2D eigenvalue weighted by atomic mass is 32.2. The van der Waals surface area contributed by atoms with Gasteiger partial charge in [-0.2, -0.15) is 0 Å². The van der Waals surface area contributed by atoms with Crippen LogP contribution in [0.2, 0.25) is 0 Å². The van der Waals surface area contributed by atoms with Crippen LogP contribution in [-0.2, 0) is 34.4 Å². The van der Waals surface area contributed by atoms with Crippen LogP contribution in [0, 0.1) is 0 Å². The molecule has 2 aromatic heterocycles. The Hall–Kier alpha value is -5.58. The van der Waals surface area contributed by atoms with E-state index in [-0.39, 0.29) is 21.6 Å². The number of hydrogen-bond acceptors (Lipinski definition) is 14. The smallest absolute Gasteiger partial charge is 0.241 e. The number of thiazole rings is 2. The molecule has 3 heterocycles. The third-order valence-electron chi connectivity index (χ3n) is 9.00. The van der Waals surface area contributed by atoms with Crippen LogP contribution < -0.4 is 31.1 Å². The number of hydrogen-bond donors (Lipinski definition) is 7. The average molecular weight is 1010 g/mol. The molecule has 0 aliphatic carbocycles. The van der Waals surface area contributed by atoms with E-state index in [1.54, 1.807) is 97.3 Å². The van der Waals surface area contributed by atoms with Gasteiger partial charge < -0.3 is 31.5 Å². The zero-order chi connectivity index (χ0) is 50.2. The molecule has 1 saturated heterocycles. The lowest BCUT2D eigenvalue weighted by atomic mass is 10.1. The fourth-order valence-corrected chi connectivity index (χ4v) is 11.5. The predicted octanol–water partition coefficient (Wildman–Crippen LogP) is 8.80. The lowest BCUT2D eigenvalue weighted by Crippen LogP contribution is -2.40. The van der Waals surface area contributed by atoms with Crippen molar-refractivity contribution in [3.8, 4) is 42.0 Å². The maximum atomic E-state index is 13.2. The monoisotopic (exact) mass is 1000 g/mol. The van der Waals surface area contributed by atoms with Crippen molar-refractivity contribution in [1.82, 2.24) is 19.4 Å². The molecule has 1 aliphatic heterocycles. The van der Waals surface area contributed by atoms with E-state index in [9.17, 15) is 31.5 Å². The van der Waals surface area contributed by atoms with Gasteiger partial charge in [0.05, 0.1) is 38.4 Å². The van der Waals surface area contributed by atoms with Crippen molar-refractivity contribution in [3.05, 3.63) is 97.3 Å². The Bertz CT molecular complexity index is 2920. The molecule has 1 aliphatic rings. The molecular formula is C48H60N8O8S4.